The quantitative estimate of drug-likeness (QED) is 0.825. The minimum Gasteiger partial charge on any atom is -0.481 e. The van der Waals surface area contributed by atoms with Crippen LogP contribution in [0.4, 0.5) is 0 Å². The van der Waals surface area contributed by atoms with E-state index in [1.54, 1.807) is 0 Å². The maximum absolute atomic E-state index is 12.2. The molecule has 102 valence electrons. The second kappa shape index (κ2) is 5.66. The zero-order valence-electron chi connectivity index (χ0n) is 10.1. The molecular weight excluding hydrogens is 254 g/mol. The van der Waals surface area contributed by atoms with Crippen LogP contribution in [0.2, 0.25) is 0 Å². The van der Waals surface area contributed by atoms with Crippen molar-refractivity contribution in [3.63, 3.8) is 0 Å². The highest BCUT2D eigenvalue weighted by molar-refractivity contribution is 5.94. The van der Waals surface area contributed by atoms with Gasteiger partial charge in [0.15, 0.2) is 0 Å². The molecule has 1 fully saturated rings. The van der Waals surface area contributed by atoms with Gasteiger partial charge in [-0.2, -0.15) is 0 Å². The van der Waals surface area contributed by atoms with E-state index in [0.29, 0.717) is 13.2 Å². The smallest absolute Gasteiger partial charge is 0.335 e. The van der Waals surface area contributed by atoms with Gasteiger partial charge in [0.05, 0.1) is 31.2 Å². The largest absolute Gasteiger partial charge is 0.481 e. The Hall–Kier alpha value is -2.15. The molecule has 19 heavy (non-hydrogen) atoms. The van der Waals surface area contributed by atoms with Crippen molar-refractivity contribution >= 4 is 11.9 Å². The van der Waals surface area contributed by atoms with Crippen LogP contribution in [0.15, 0.2) is 27.6 Å². The van der Waals surface area contributed by atoms with Crippen LogP contribution < -0.4 is 5.63 Å². The lowest BCUT2D eigenvalue weighted by Gasteiger charge is -2.34. The molecule has 1 atom stereocenters. The van der Waals surface area contributed by atoms with Crippen LogP contribution in [-0.4, -0.2) is 47.7 Å². The van der Waals surface area contributed by atoms with Gasteiger partial charge in [-0.1, -0.05) is 0 Å². The maximum atomic E-state index is 12.2. The fraction of sp³-hybridized carbons (Fsp3) is 0.417. The van der Waals surface area contributed by atoms with Crippen LogP contribution in [0, 0.1) is 0 Å². The topological polar surface area (TPSA) is 97.0 Å². The summed E-state index contributed by atoms with van der Waals surface area (Å²) < 4.78 is 9.82. The van der Waals surface area contributed by atoms with Gasteiger partial charge in [0.25, 0.3) is 5.91 Å². The second-order valence-electron chi connectivity index (χ2n) is 4.17. The van der Waals surface area contributed by atoms with E-state index in [9.17, 15) is 14.4 Å². The van der Waals surface area contributed by atoms with E-state index in [1.807, 2.05) is 0 Å². The van der Waals surface area contributed by atoms with Crippen molar-refractivity contribution in [2.45, 2.75) is 12.5 Å². The fourth-order valence-electron chi connectivity index (χ4n) is 1.94. The normalized spacial score (nSPS) is 19.2. The minimum absolute atomic E-state index is 0.178. The molecule has 0 spiro atoms. The van der Waals surface area contributed by atoms with Crippen molar-refractivity contribution in [1.82, 2.24) is 4.90 Å². The van der Waals surface area contributed by atoms with Crippen LogP contribution in [0.25, 0.3) is 0 Å². The Morgan fingerprint density at radius 2 is 2.21 bits per heavy atom. The number of hydrogen-bond acceptors (Lipinski definition) is 5. The predicted molar refractivity (Wildman–Crippen MR) is 62.9 cm³/mol. The maximum Gasteiger partial charge on any atom is 0.335 e. The van der Waals surface area contributed by atoms with E-state index in [0.717, 1.165) is 12.3 Å². The van der Waals surface area contributed by atoms with Gasteiger partial charge in [0.2, 0.25) is 0 Å². The Kier molecular flexibility index (Phi) is 3.96. The third kappa shape index (κ3) is 3.19. The number of nitrogens with zero attached hydrogens (tertiary/aromatic N) is 1. The summed E-state index contributed by atoms with van der Waals surface area (Å²) in [7, 11) is 0. The van der Waals surface area contributed by atoms with Crippen molar-refractivity contribution < 1.29 is 23.8 Å². The third-order valence-electron chi connectivity index (χ3n) is 2.85. The SMILES string of the molecule is O=C(O)CC1COCCN1C(=O)c1ccc(=O)oc1. The van der Waals surface area contributed by atoms with Crippen LogP contribution >= 0.6 is 0 Å². The van der Waals surface area contributed by atoms with E-state index >= 15 is 0 Å². The molecule has 1 amide bonds. The molecule has 0 saturated carbocycles. The molecule has 1 saturated heterocycles. The van der Waals surface area contributed by atoms with Gasteiger partial charge in [0.1, 0.15) is 6.26 Å². The molecule has 1 N–H and O–H groups in total. The lowest BCUT2D eigenvalue weighted by atomic mass is 10.1. The molecule has 7 heteroatoms. The van der Waals surface area contributed by atoms with E-state index < -0.39 is 17.6 Å². The third-order valence-corrected chi connectivity index (χ3v) is 2.85. The molecule has 7 nitrogen and oxygen atoms in total. The highest BCUT2D eigenvalue weighted by Gasteiger charge is 2.30. The molecule has 2 rings (SSSR count). The van der Waals surface area contributed by atoms with Gasteiger partial charge in [0, 0.05) is 12.6 Å². The van der Waals surface area contributed by atoms with Gasteiger partial charge < -0.3 is 19.2 Å². The highest BCUT2D eigenvalue weighted by atomic mass is 16.5. The van der Waals surface area contributed by atoms with Crippen molar-refractivity contribution in [2.24, 2.45) is 0 Å². The number of carboxylic acid groups (broad SMARTS) is 1. The van der Waals surface area contributed by atoms with Crippen molar-refractivity contribution in [2.75, 3.05) is 19.8 Å². The van der Waals surface area contributed by atoms with E-state index in [2.05, 4.69) is 4.42 Å². The summed E-state index contributed by atoms with van der Waals surface area (Å²) in [5, 5.41) is 8.82. The molecule has 0 aliphatic carbocycles. The molecule has 1 unspecified atom stereocenters. The van der Waals surface area contributed by atoms with Crippen LogP contribution in [0.1, 0.15) is 16.8 Å². The van der Waals surface area contributed by atoms with Crippen LogP contribution in [0.5, 0.6) is 0 Å². The number of hydrogen-bond donors (Lipinski definition) is 1. The summed E-state index contributed by atoms with van der Waals surface area (Å²) in [6, 6.07) is 2.01. The molecule has 1 aliphatic heterocycles. The Morgan fingerprint density at radius 1 is 1.42 bits per heavy atom. The van der Waals surface area contributed by atoms with E-state index in [4.69, 9.17) is 9.84 Å². The van der Waals surface area contributed by atoms with Gasteiger partial charge in [-0.3, -0.25) is 9.59 Å². The van der Waals surface area contributed by atoms with Gasteiger partial charge >= 0.3 is 11.6 Å². The monoisotopic (exact) mass is 267 g/mol. The van der Waals surface area contributed by atoms with Crippen molar-refractivity contribution in [3.05, 3.63) is 34.4 Å². The Balaban J connectivity index is 2.17. The summed E-state index contributed by atoms with van der Waals surface area (Å²) >= 11 is 0. The van der Waals surface area contributed by atoms with Gasteiger partial charge in [-0.05, 0) is 6.07 Å². The number of carbonyl (C=O) groups excluding carboxylic acids is 1. The zero-order chi connectivity index (χ0) is 13.8. The average molecular weight is 267 g/mol. The molecule has 1 aromatic heterocycles. The number of carboxylic acids is 1. The summed E-state index contributed by atoms with van der Waals surface area (Å²) in [6.45, 7) is 0.864. The first kappa shape index (κ1) is 13.3. The molecule has 0 aromatic carbocycles. The van der Waals surface area contributed by atoms with Crippen molar-refractivity contribution in [3.8, 4) is 0 Å². The number of carbonyl (C=O) groups is 2. The number of morpholine rings is 1. The Morgan fingerprint density at radius 3 is 2.84 bits per heavy atom. The van der Waals surface area contributed by atoms with Gasteiger partial charge in [-0.15, -0.1) is 0 Å². The highest BCUT2D eigenvalue weighted by Crippen LogP contribution is 2.14. The first-order valence-electron chi connectivity index (χ1n) is 5.77. The summed E-state index contributed by atoms with van der Waals surface area (Å²) in [4.78, 5) is 35.3. The summed E-state index contributed by atoms with van der Waals surface area (Å²) in [6.07, 6.45) is 0.903. The number of amides is 1. The van der Waals surface area contributed by atoms with Gasteiger partial charge in [-0.25, -0.2) is 4.79 Å². The Labute approximate surface area is 108 Å². The van der Waals surface area contributed by atoms with Crippen LogP contribution in [-0.2, 0) is 9.53 Å². The molecule has 2 heterocycles. The fourth-order valence-corrected chi connectivity index (χ4v) is 1.94. The predicted octanol–water partition coefficient (Wildman–Crippen LogP) is -0.0445. The standard InChI is InChI=1S/C12H13NO6/c14-10(15)5-9-7-18-4-3-13(9)12(17)8-1-2-11(16)19-6-8/h1-2,6,9H,3-5,7H2,(H,14,15). The molecule has 1 aromatic rings. The minimum atomic E-state index is -0.993. The van der Waals surface area contributed by atoms with Crippen molar-refractivity contribution in [1.29, 1.82) is 0 Å². The number of ether oxygens (including phenoxy) is 1. The second-order valence-corrected chi connectivity index (χ2v) is 4.17. The van der Waals surface area contributed by atoms with E-state index in [-0.39, 0.29) is 24.5 Å². The summed E-state index contributed by atoms with van der Waals surface area (Å²) in [5.41, 5.74) is -0.322. The first-order valence-corrected chi connectivity index (χ1v) is 5.77. The lowest BCUT2D eigenvalue weighted by Crippen LogP contribution is -2.49. The molecule has 0 bridgehead atoms. The van der Waals surface area contributed by atoms with E-state index in [1.165, 1.54) is 11.0 Å². The average Bonchev–Trinajstić information content (AvgIpc) is 2.39. The number of aliphatic carboxylic acids is 1. The summed E-state index contributed by atoms with van der Waals surface area (Å²) in [5.74, 6) is -1.36. The van der Waals surface area contributed by atoms with Crippen LogP contribution in [0.3, 0.4) is 0 Å². The lowest BCUT2D eigenvalue weighted by molar-refractivity contribution is -0.139. The molecule has 1 aliphatic rings. The Bertz CT molecular complexity index is 517. The number of rotatable bonds is 3. The molecular formula is C12H13NO6. The molecule has 0 radical (unpaired) electrons. The zero-order valence-corrected chi connectivity index (χ0v) is 10.1. The first-order chi connectivity index (χ1) is 9.08.